The maximum absolute atomic E-state index is 13.4. The minimum atomic E-state index is -4.26. The summed E-state index contributed by atoms with van der Waals surface area (Å²) in [5, 5.41) is 2.86. The van der Waals surface area contributed by atoms with E-state index in [-0.39, 0.29) is 11.5 Å². The Morgan fingerprint density at radius 3 is 2.24 bits per heavy atom. The van der Waals surface area contributed by atoms with Gasteiger partial charge in [-0.15, -0.1) is 0 Å². The number of hydrogen-bond donors (Lipinski definition) is 1. The minimum absolute atomic E-state index is 0.0140. The van der Waals surface area contributed by atoms with Crippen LogP contribution in [0.5, 0.6) is 0 Å². The molecule has 0 spiro atoms. The molecule has 3 aromatic carbocycles. The number of hydrogen-bond acceptors (Lipinski definition) is 8. The van der Waals surface area contributed by atoms with Gasteiger partial charge in [-0.25, -0.2) is 0 Å². The van der Waals surface area contributed by atoms with Crippen LogP contribution in [-0.4, -0.2) is 58.7 Å². The van der Waals surface area contributed by atoms with Crippen molar-refractivity contribution in [3.05, 3.63) is 102 Å². The molecule has 38 heavy (non-hydrogen) atoms. The molecule has 10 heteroatoms. The SMILES string of the molecule is COC1OC2COC(c3ccccc3)OC2C(OS(=O)(=O)c2ccc(C)cc2)C1NC(=O)c1ccccc1. The Morgan fingerprint density at radius 1 is 0.921 bits per heavy atom. The quantitative estimate of drug-likeness (QED) is 0.456. The standard InChI is InChI=1S/C28H29NO8S/c1-18-13-15-21(16-14-18)38(31,32)37-25-23(29-26(30)19-9-5-3-6-10-19)28(33-2)35-22-17-34-27(36-24(22)25)20-11-7-4-8-12-20/h3-16,22-25,27-28H,17H2,1-2H3,(H,29,30). The van der Waals surface area contributed by atoms with Crippen LogP contribution in [0.1, 0.15) is 27.8 Å². The van der Waals surface area contributed by atoms with Gasteiger partial charge in [-0.3, -0.25) is 8.98 Å². The Hall–Kier alpha value is -3.12. The van der Waals surface area contributed by atoms with Crippen LogP contribution in [0.4, 0.5) is 0 Å². The van der Waals surface area contributed by atoms with Crippen LogP contribution in [0.2, 0.25) is 0 Å². The predicted octanol–water partition coefficient (Wildman–Crippen LogP) is 3.35. The molecule has 2 fully saturated rings. The highest BCUT2D eigenvalue weighted by Crippen LogP contribution is 2.37. The summed E-state index contributed by atoms with van der Waals surface area (Å²) in [5.74, 6) is -0.437. The third kappa shape index (κ3) is 5.65. The van der Waals surface area contributed by atoms with E-state index >= 15 is 0 Å². The van der Waals surface area contributed by atoms with Gasteiger partial charge < -0.3 is 24.3 Å². The van der Waals surface area contributed by atoms with E-state index in [0.29, 0.717) is 5.56 Å². The molecule has 6 atom stereocenters. The van der Waals surface area contributed by atoms with Crippen molar-refractivity contribution in [2.24, 2.45) is 0 Å². The van der Waals surface area contributed by atoms with Crippen LogP contribution in [0.15, 0.2) is 89.8 Å². The third-order valence-electron chi connectivity index (χ3n) is 6.52. The van der Waals surface area contributed by atoms with Crippen molar-refractivity contribution >= 4 is 16.0 Å². The number of nitrogens with one attached hydrogen (secondary N) is 1. The molecule has 0 radical (unpaired) electrons. The van der Waals surface area contributed by atoms with E-state index in [4.69, 9.17) is 23.1 Å². The molecule has 2 aliphatic heterocycles. The van der Waals surface area contributed by atoms with E-state index in [2.05, 4.69) is 5.32 Å². The predicted molar refractivity (Wildman–Crippen MR) is 137 cm³/mol. The first-order valence-electron chi connectivity index (χ1n) is 12.2. The summed E-state index contributed by atoms with van der Waals surface area (Å²) in [6.45, 7) is 1.96. The molecule has 200 valence electrons. The summed E-state index contributed by atoms with van der Waals surface area (Å²) in [4.78, 5) is 13.1. The molecule has 2 saturated heterocycles. The number of rotatable bonds is 7. The zero-order valence-corrected chi connectivity index (χ0v) is 21.7. The monoisotopic (exact) mass is 539 g/mol. The molecule has 0 aliphatic carbocycles. The molecule has 0 saturated carbocycles. The fourth-order valence-corrected chi connectivity index (χ4v) is 5.65. The Bertz CT molecular complexity index is 1330. The van der Waals surface area contributed by atoms with Gasteiger partial charge in [-0.1, -0.05) is 66.2 Å². The molecule has 2 heterocycles. The van der Waals surface area contributed by atoms with E-state index in [9.17, 15) is 13.2 Å². The summed E-state index contributed by atoms with van der Waals surface area (Å²) in [7, 11) is -2.85. The van der Waals surface area contributed by atoms with E-state index in [1.54, 1.807) is 42.5 Å². The highest BCUT2D eigenvalue weighted by Gasteiger charge is 2.53. The number of carbonyl (C=O) groups is 1. The molecular formula is C28H29NO8S. The molecule has 0 aromatic heterocycles. The fourth-order valence-electron chi connectivity index (χ4n) is 4.55. The first-order chi connectivity index (χ1) is 18.4. The molecule has 2 aliphatic rings. The first-order valence-corrected chi connectivity index (χ1v) is 13.6. The smallest absolute Gasteiger partial charge is 0.297 e. The van der Waals surface area contributed by atoms with Crippen LogP contribution in [0.25, 0.3) is 0 Å². The largest absolute Gasteiger partial charge is 0.354 e. The van der Waals surface area contributed by atoms with Crippen molar-refractivity contribution < 1.29 is 36.3 Å². The zero-order valence-electron chi connectivity index (χ0n) is 20.9. The number of aryl methyl sites for hydroxylation is 1. The number of fused-ring (bicyclic) bond motifs is 1. The minimum Gasteiger partial charge on any atom is -0.354 e. The number of amides is 1. The summed E-state index contributed by atoms with van der Waals surface area (Å²) in [5.41, 5.74) is 2.05. The third-order valence-corrected chi connectivity index (χ3v) is 7.85. The highest BCUT2D eigenvalue weighted by molar-refractivity contribution is 7.86. The van der Waals surface area contributed by atoms with Crippen molar-refractivity contribution in [2.75, 3.05) is 13.7 Å². The van der Waals surface area contributed by atoms with Crippen molar-refractivity contribution in [3.8, 4) is 0 Å². The van der Waals surface area contributed by atoms with Gasteiger partial charge in [0.05, 0.1) is 11.5 Å². The lowest BCUT2D eigenvalue weighted by molar-refractivity contribution is -0.337. The Labute approximate surface area is 221 Å². The van der Waals surface area contributed by atoms with Crippen molar-refractivity contribution in [1.29, 1.82) is 0 Å². The summed E-state index contributed by atoms with van der Waals surface area (Å²) in [6, 6.07) is 23.1. The van der Waals surface area contributed by atoms with E-state index in [0.717, 1.165) is 11.1 Å². The summed E-state index contributed by atoms with van der Waals surface area (Å²) < 4.78 is 56.5. The second kappa shape index (κ2) is 11.3. The second-order valence-corrected chi connectivity index (χ2v) is 10.7. The zero-order chi connectivity index (χ0) is 26.7. The van der Waals surface area contributed by atoms with E-state index in [1.165, 1.54) is 19.2 Å². The molecule has 3 aromatic rings. The Balaban J connectivity index is 1.50. The molecule has 5 rings (SSSR count). The van der Waals surface area contributed by atoms with Crippen LogP contribution in [-0.2, 0) is 33.2 Å². The second-order valence-electron chi connectivity index (χ2n) is 9.15. The molecule has 1 amide bonds. The van der Waals surface area contributed by atoms with Crippen LogP contribution in [0.3, 0.4) is 0 Å². The van der Waals surface area contributed by atoms with Crippen molar-refractivity contribution in [3.63, 3.8) is 0 Å². The van der Waals surface area contributed by atoms with Crippen LogP contribution >= 0.6 is 0 Å². The normalized spacial score (nSPS) is 27.3. The fraction of sp³-hybridized carbons (Fsp3) is 0.321. The van der Waals surface area contributed by atoms with Gasteiger partial charge in [-0.05, 0) is 31.2 Å². The van der Waals surface area contributed by atoms with Gasteiger partial charge in [0.15, 0.2) is 12.6 Å². The van der Waals surface area contributed by atoms with Crippen LogP contribution in [0, 0.1) is 6.92 Å². The van der Waals surface area contributed by atoms with E-state index < -0.39 is 53.0 Å². The maximum atomic E-state index is 13.4. The highest BCUT2D eigenvalue weighted by atomic mass is 32.2. The van der Waals surface area contributed by atoms with Crippen molar-refractivity contribution in [1.82, 2.24) is 5.32 Å². The first kappa shape index (κ1) is 26.5. The molecule has 1 N–H and O–H groups in total. The number of methoxy groups -OCH3 is 1. The van der Waals surface area contributed by atoms with Crippen LogP contribution < -0.4 is 5.32 Å². The topological polar surface area (TPSA) is 109 Å². The molecule has 0 bridgehead atoms. The van der Waals surface area contributed by atoms with Crippen molar-refractivity contribution in [2.45, 2.75) is 48.8 Å². The Kier molecular flexibility index (Phi) is 7.89. The Morgan fingerprint density at radius 2 is 1.58 bits per heavy atom. The lowest BCUT2D eigenvalue weighted by atomic mass is 9.95. The lowest BCUT2D eigenvalue weighted by Gasteiger charge is -2.48. The van der Waals surface area contributed by atoms with Gasteiger partial charge in [0, 0.05) is 18.2 Å². The van der Waals surface area contributed by atoms with Gasteiger partial charge >= 0.3 is 0 Å². The maximum Gasteiger partial charge on any atom is 0.297 e. The number of carbonyl (C=O) groups excluding carboxylic acids is 1. The summed E-state index contributed by atoms with van der Waals surface area (Å²) in [6.07, 6.45) is -4.60. The average molecular weight is 540 g/mol. The molecule has 6 unspecified atom stereocenters. The summed E-state index contributed by atoms with van der Waals surface area (Å²) >= 11 is 0. The molecular weight excluding hydrogens is 510 g/mol. The average Bonchev–Trinajstić information content (AvgIpc) is 2.95. The molecule has 9 nitrogen and oxygen atoms in total. The van der Waals surface area contributed by atoms with E-state index in [1.807, 2.05) is 37.3 Å². The van der Waals surface area contributed by atoms with Gasteiger partial charge in [-0.2, -0.15) is 8.42 Å². The van der Waals surface area contributed by atoms with Gasteiger partial charge in [0.1, 0.15) is 24.4 Å². The van der Waals surface area contributed by atoms with Gasteiger partial charge in [0.2, 0.25) is 0 Å². The number of ether oxygens (including phenoxy) is 4. The van der Waals surface area contributed by atoms with Gasteiger partial charge in [0.25, 0.3) is 16.0 Å². The lowest BCUT2D eigenvalue weighted by Crippen LogP contribution is -2.67. The number of benzene rings is 3.